The number of nitro groups is 1. The van der Waals surface area contributed by atoms with Crippen molar-refractivity contribution in [1.82, 2.24) is 14.8 Å². The number of aromatic nitrogens is 3. The molecule has 168 valence electrons. The van der Waals surface area contributed by atoms with Gasteiger partial charge in [0, 0.05) is 23.9 Å². The molecule has 1 aromatic heterocycles. The number of hydrogen-bond donors (Lipinski definition) is 1. The van der Waals surface area contributed by atoms with Crippen LogP contribution >= 0.6 is 11.8 Å². The Morgan fingerprint density at radius 1 is 1.19 bits per heavy atom. The molecule has 0 radical (unpaired) electrons. The third-order valence-electron chi connectivity index (χ3n) is 4.56. The Labute approximate surface area is 189 Å². The number of anilines is 1. The van der Waals surface area contributed by atoms with Gasteiger partial charge in [-0.3, -0.25) is 14.9 Å². The van der Waals surface area contributed by atoms with Crippen LogP contribution in [0.3, 0.4) is 0 Å². The second kappa shape index (κ2) is 10.6. The Kier molecular flexibility index (Phi) is 7.66. The molecular formula is C21H23N5O5S. The van der Waals surface area contributed by atoms with Crippen LogP contribution in [-0.4, -0.2) is 38.5 Å². The van der Waals surface area contributed by atoms with Gasteiger partial charge < -0.3 is 19.4 Å². The summed E-state index contributed by atoms with van der Waals surface area (Å²) in [5.74, 6) is 1.85. The van der Waals surface area contributed by atoms with Crippen molar-refractivity contribution in [1.29, 1.82) is 0 Å². The molecule has 1 heterocycles. The largest absolute Gasteiger partial charge is 0.497 e. The minimum Gasteiger partial charge on any atom is -0.497 e. The fourth-order valence-electron chi connectivity index (χ4n) is 2.88. The maximum Gasteiger partial charge on any atom is 0.274 e. The SMILES string of the molecule is CCn1c(COc2ccc(OC)cc2)nnc1SCC(=O)Nc1ccc(C)c([N+](=O)[O-])c1. The van der Waals surface area contributed by atoms with Crippen molar-refractivity contribution in [2.24, 2.45) is 0 Å². The van der Waals surface area contributed by atoms with Gasteiger partial charge in [-0.25, -0.2) is 0 Å². The van der Waals surface area contributed by atoms with Crippen LogP contribution in [0.1, 0.15) is 18.3 Å². The summed E-state index contributed by atoms with van der Waals surface area (Å²) in [5.41, 5.74) is 0.865. The standard InChI is InChI=1S/C21H23N5O5S/c1-4-25-19(12-31-17-9-7-16(30-3)8-10-17)23-24-21(25)32-13-20(27)22-15-6-5-14(2)18(11-15)26(28)29/h5-11H,4,12-13H2,1-3H3,(H,22,27). The number of benzene rings is 2. The average molecular weight is 458 g/mol. The molecule has 0 bridgehead atoms. The number of aryl methyl sites for hydroxylation is 1. The average Bonchev–Trinajstić information content (AvgIpc) is 3.19. The zero-order chi connectivity index (χ0) is 23.1. The molecule has 32 heavy (non-hydrogen) atoms. The van der Waals surface area contributed by atoms with Gasteiger partial charge in [-0.15, -0.1) is 10.2 Å². The second-order valence-corrected chi connectivity index (χ2v) is 7.64. The van der Waals surface area contributed by atoms with E-state index in [2.05, 4.69) is 15.5 Å². The van der Waals surface area contributed by atoms with Gasteiger partial charge in [0.2, 0.25) is 5.91 Å². The number of rotatable bonds is 10. The first-order valence-corrected chi connectivity index (χ1v) is 10.8. The summed E-state index contributed by atoms with van der Waals surface area (Å²) >= 11 is 1.23. The molecular weight excluding hydrogens is 434 g/mol. The highest BCUT2D eigenvalue weighted by Gasteiger charge is 2.15. The lowest BCUT2D eigenvalue weighted by molar-refractivity contribution is -0.385. The molecule has 11 heteroatoms. The first-order chi connectivity index (χ1) is 15.4. The number of nitro benzene ring substituents is 1. The number of thioether (sulfide) groups is 1. The van der Waals surface area contributed by atoms with Crippen LogP contribution in [0.4, 0.5) is 11.4 Å². The molecule has 0 aliphatic rings. The predicted octanol–water partition coefficient (Wildman–Crippen LogP) is 3.83. The second-order valence-electron chi connectivity index (χ2n) is 6.70. The Bertz CT molecular complexity index is 1100. The van der Waals surface area contributed by atoms with E-state index < -0.39 is 4.92 Å². The van der Waals surface area contributed by atoms with Crippen LogP contribution in [0, 0.1) is 17.0 Å². The van der Waals surface area contributed by atoms with E-state index in [0.29, 0.717) is 34.5 Å². The first kappa shape index (κ1) is 23.1. The number of carbonyl (C=O) groups excluding carboxylic acids is 1. The topological polar surface area (TPSA) is 121 Å². The van der Waals surface area contributed by atoms with Gasteiger partial charge in [0.05, 0.1) is 17.8 Å². The fourth-order valence-corrected chi connectivity index (χ4v) is 3.70. The monoisotopic (exact) mass is 457 g/mol. The molecule has 0 saturated carbocycles. The van der Waals surface area contributed by atoms with Gasteiger partial charge in [0.15, 0.2) is 11.0 Å². The maximum atomic E-state index is 12.3. The van der Waals surface area contributed by atoms with Gasteiger partial charge in [-0.2, -0.15) is 0 Å². The van der Waals surface area contributed by atoms with E-state index in [1.807, 2.05) is 23.6 Å². The van der Waals surface area contributed by atoms with Crippen molar-refractivity contribution < 1.29 is 19.2 Å². The van der Waals surface area contributed by atoms with Crippen molar-refractivity contribution in [2.45, 2.75) is 32.2 Å². The third-order valence-corrected chi connectivity index (χ3v) is 5.53. The van der Waals surface area contributed by atoms with E-state index >= 15 is 0 Å². The normalized spacial score (nSPS) is 10.6. The number of carbonyl (C=O) groups is 1. The number of nitrogens with zero attached hydrogens (tertiary/aromatic N) is 4. The Morgan fingerprint density at radius 2 is 1.91 bits per heavy atom. The van der Waals surface area contributed by atoms with E-state index in [1.165, 1.54) is 17.8 Å². The summed E-state index contributed by atoms with van der Waals surface area (Å²) in [4.78, 5) is 22.9. The Hall–Kier alpha value is -3.60. The molecule has 2 aromatic carbocycles. The van der Waals surface area contributed by atoms with Gasteiger partial charge in [0.1, 0.15) is 18.1 Å². The molecule has 0 aliphatic heterocycles. The van der Waals surface area contributed by atoms with Crippen LogP contribution in [0.2, 0.25) is 0 Å². The summed E-state index contributed by atoms with van der Waals surface area (Å²) in [6.07, 6.45) is 0. The van der Waals surface area contributed by atoms with E-state index in [9.17, 15) is 14.9 Å². The van der Waals surface area contributed by atoms with Crippen LogP contribution in [0.5, 0.6) is 11.5 Å². The number of methoxy groups -OCH3 is 1. The number of amides is 1. The Balaban J connectivity index is 1.58. The molecule has 0 unspecified atom stereocenters. The summed E-state index contributed by atoms with van der Waals surface area (Å²) in [6, 6.07) is 11.8. The van der Waals surface area contributed by atoms with Crippen LogP contribution < -0.4 is 14.8 Å². The summed E-state index contributed by atoms with van der Waals surface area (Å²) in [6.45, 7) is 4.44. The predicted molar refractivity (Wildman–Crippen MR) is 120 cm³/mol. The van der Waals surface area contributed by atoms with E-state index in [4.69, 9.17) is 9.47 Å². The molecule has 0 atom stereocenters. The molecule has 0 aliphatic carbocycles. The number of nitrogens with one attached hydrogen (secondary N) is 1. The minimum absolute atomic E-state index is 0.0392. The smallest absolute Gasteiger partial charge is 0.274 e. The van der Waals surface area contributed by atoms with E-state index in [0.717, 1.165) is 5.75 Å². The van der Waals surface area contributed by atoms with Gasteiger partial charge >= 0.3 is 0 Å². The van der Waals surface area contributed by atoms with Gasteiger partial charge in [-0.05, 0) is 44.2 Å². The highest BCUT2D eigenvalue weighted by atomic mass is 32.2. The molecule has 3 aromatic rings. The van der Waals surface area contributed by atoms with Crippen molar-refractivity contribution in [3.8, 4) is 11.5 Å². The molecule has 0 fully saturated rings. The third kappa shape index (κ3) is 5.76. The molecule has 1 amide bonds. The number of ether oxygens (including phenoxy) is 2. The zero-order valence-corrected chi connectivity index (χ0v) is 18.7. The lowest BCUT2D eigenvalue weighted by Gasteiger charge is -2.09. The van der Waals surface area contributed by atoms with Crippen molar-refractivity contribution >= 4 is 29.0 Å². The molecule has 3 rings (SSSR count). The maximum absolute atomic E-state index is 12.3. The first-order valence-electron chi connectivity index (χ1n) is 9.78. The lowest BCUT2D eigenvalue weighted by Crippen LogP contribution is -2.15. The number of hydrogen-bond acceptors (Lipinski definition) is 8. The van der Waals surface area contributed by atoms with Gasteiger partial charge in [0.25, 0.3) is 5.69 Å². The summed E-state index contributed by atoms with van der Waals surface area (Å²) < 4.78 is 12.8. The summed E-state index contributed by atoms with van der Waals surface area (Å²) in [5, 5.41) is 22.7. The molecule has 0 spiro atoms. The van der Waals surface area contributed by atoms with Crippen LogP contribution in [0.25, 0.3) is 0 Å². The van der Waals surface area contributed by atoms with Crippen LogP contribution in [0.15, 0.2) is 47.6 Å². The summed E-state index contributed by atoms with van der Waals surface area (Å²) in [7, 11) is 1.60. The molecule has 1 N–H and O–H groups in total. The fraction of sp³-hybridized carbons (Fsp3) is 0.286. The molecule has 0 saturated heterocycles. The minimum atomic E-state index is -0.473. The van der Waals surface area contributed by atoms with Crippen LogP contribution in [-0.2, 0) is 17.9 Å². The van der Waals surface area contributed by atoms with Crippen molar-refractivity contribution in [3.63, 3.8) is 0 Å². The lowest BCUT2D eigenvalue weighted by atomic mass is 10.2. The highest BCUT2D eigenvalue weighted by molar-refractivity contribution is 7.99. The quantitative estimate of drug-likeness (QED) is 0.277. The Morgan fingerprint density at radius 3 is 2.56 bits per heavy atom. The highest BCUT2D eigenvalue weighted by Crippen LogP contribution is 2.24. The van der Waals surface area contributed by atoms with Crippen molar-refractivity contribution in [2.75, 3.05) is 18.2 Å². The zero-order valence-electron chi connectivity index (χ0n) is 17.9. The molecule has 10 nitrogen and oxygen atoms in total. The van der Waals surface area contributed by atoms with E-state index in [-0.39, 0.29) is 24.0 Å². The van der Waals surface area contributed by atoms with Crippen molar-refractivity contribution in [3.05, 3.63) is 64.0 Å². The van der Waals surface area contributed by atoms with E-state index in [1.54, 1.807) is 38.3 Å². The van der Waals surface area contributed by atoms with Gasteiger partial charge in [-0.1, -0.05) is 17.8 Å².